The summed E-state index contributed by atoms with van der Waals surface area (Å²) in [4.78, 5) is 19.7. The van der Waals surface area contributed by atoms with Crippen LogP contribution in [0.1, 0.15) is 12.5 Å². The molecule has 0 saturated heterocycles. The van der Waals surface area contributed by atoms with Crippen LogP contribution in [0.15, 0.2) is 71.9 Å². The van der Waals surface area contributed by atoms with Crippen LogP contribution in [0, 0.1) is 0 Å². The van der Waals surface area contributed by atoms with E-state index in [1.807, 2.05) is 0 Å². The fraction of sp³-hybridized carbons (Fsp3) is 0.174. The Morgan fingerprint density at radius 2 is 1.74 bits per heavy atom. The van der Waals surface area contributed by atoms with Gasteiger partial charge in [-0.3, -0.25) is 4.79 Å². The fourth-order valence-electron chi connectivity index (χ4n) is 2.58. The van der Waals surface area contributed by atoms with E-state index in [-0.39, 0.29) is 28.3 Å². The molecule has 0 fully saturated rings. The number of thioether (sulfide) groups is 1. The number of amides is 1. The summed E-state index contributed by atoms with van der Waals surface area (Å²) < 4.78 is 56.5. The molecule has 178 valence electrons. The Balaban J connectivity index is 1.79. The number of amidine groups is 1. The standard InChI is InChI=1S/C23H20F3N3O4S/c1-14(21(30)29-22(27)34-2)31-16-7-9-17(10-8-16)32-19-13-15(23(24,25)26)6-11-18(19)33-20-5-3-4-12-28-20/h3-14H,1-2H3,(H2,27,29,30). The Morgan fingerprint density at radius 3 is 2.35 bits per heavy atom. The second kappa shape index (κ2) is 10.9. The predicted molar refractivity (Wildman–Crippen MR) is 123 cm³/mol. The highest BCUT2D eigenvalue weighted by Gasteiger charge is 2.31. The van der Waals surface area contributed by atoms with E-state index in [0.717, 1.165) is 23.9 Å². The molecule has 0 spiro atoms. The van der Waals surface area contributed by atoms with Crippen molar-refractivity contribution in [3.05, 3.63) is 72.4 Å². The number of rotatable bonds is 7. The lowest BCUT2D eigenvalue weighted by Crippen LogP contribution is -2.24. The molecule has 1 aromatic heterocycles. The van der Waals surface area contributed by atoms with Gasteiger partial charge in [-0.2, -0.15) is 18.2 Å². The van der Waals surface area contributed by atoms with Crippen LogP contribution in [0.3, 0.4) is 0 Å². The Morgan fingerprint density at radius 1 is 1.03 bits per heavy atom. The molecule has 0 saturated carbocycles. The highest BCUT2D eigenvalue weighted by molar-refractivity contribution is 8.13. The van der Waals surface area contributed by atoms with Crippen LogP contribution in [0.25, 0.3) is 0 Å². The summed E-state index contributed by atoms with van der Waals surface area (Å²) in [5.41, 5.74) is 4.64. The summed E-state index contributed by atoms with van der Waals surface area (Å²) in [5, 5.41) is 0.119. The lowest BCUT2D eigenvalue weighted by atomic mass is 10.2. The van der Waals surface area contributed by atoms with Crippen molar-refractivity contribution in [1.82, 2.24) is 4.98 Å². The van der Waals surface area contributed by atoms with Crippen LogP contribution < -0.4 is 19.9 Å². The van der Waals surface area contributed by atoms with Gasteiger partial charge in [0.2, 0.25) is 5.88 Å². The topological polar surface area (TPSA) is 96.0 Å². The van der Waals surface area contributed by atoms with Crippen LogP contribution in [0.2, 0.25) is 0 Å². The Hall–Kier alpha value is -3.73. The number of pyridine rings is 1. The van der Waals surface area contributed by atoms with Gasteiger partial charge in [-0.25, -0.2) is 4.98 Å². The molecule has 2 aromatic carbocycles. The summed E-state index contributed by atoms with van der Waals surface area (Å²) in [6.07, 6.45) is -2.28. The van der Waals surface area contributed by atoms with Crippen LogP contribution in [0.5, 0.6) is 28.9 Å². The molecule has 1 atom stereocenters. The minimum atomic E-state index is -4.57. The Bertz CT molecular complexity index is 1160. The third-order valence-electron chi connectivity index (χ3n) is 4.27. The van der Waals surface area contributed by atoms with Crippen LogP contribution in [0.4, 0.5) is 13.2 Å². The molecule has 1 amide bonds. The second-order valence-corrected chi connectivity index (χ2v) is 7.58. The van der Waals surface area contributed by atoms with E-state index in [1.54, 1.807) is 24.5 Å². The van der Waals surface area contributed by atoms with Gasteiger partial charge in [-0.15, -0.1) is 0 Å². The van der Waals surface area contributed by atoms with Crippen molar-refractivity contribution in [2.75, 3.05) is 6.26 Å². The smallest absolute Gasteiger partial charge is 0.416 e. The summed E-state index contributed by atoms with van der Waals surface area (Å²) in [7, 11) is 0. The SMILES string of the molecule is CSC(N)=NC(=O)C(C)Oc1ccc(Oc2cc(C(F)(F)F)ccc2Oc2ccccn2)cc1. The average Bonchev–Trinajstić information content (AvgIpc) is 2.81. The first-order valence-electron chi connectivity index (χ1n) is 9.82. The number of nitrogens with two attached hydrogens (primary N) is 1. The van der Waals surface area contributed by atoms with Gasteiger partial charge in [0.25, 0.3) is 5.91 Å². The minimum Gasteiger partial charge on any atom is -0.481 e. The zero-order valence-corrected chi connectivity index (χ0v) is 18.9. The quantitative estimate of drug-likeness (QED) is 0.337. The van der Waals surface area contributed by atoms with E-state index >= 15 is 0 Å². The van der Waals surface area contributed by atoms with Crippen LogP contribution >= 0.6 is 11.8 Å². The molecule has 1 unspecified atom stereocenters. The predicted octanol–water partition coefficient (Wildman–Crippen LogP) is 5.66. The number of aromatic nitrogens is 1. The Labute approximate surface area is 197 Å². The van der Waals surface area contributed by atoms with Gasteiger partial charge in [0.05, 0.1) is 5.56 Å². The number of carbonyl (C=O) groups excluding carboxylic acids is 1. The van der Waals surface area contributed by atoms with E-state index in [0.29, 0.717) is 5.75 Å². The molecule has 34 heavy (non-hydrogen) atoms. The third kappa shape index (κ3) is 6.88. The molecule has 1 heterocycles. The lowest BCUT2D eigenvalue weighted by molar-refractivity contribution is -0.137. The molecule has 0 radical (unpaired) electrons. The van der Waals surface area contributed by atoms with Gasteiger partial charge in [0.1, 0.15) is 11.5 Å². The fourth-order valence-corrected chi connectivity index (χ4v) is 2.76. The second-order valence-electron chi connectivity index (χ2n) is 6.76. The number of aliphatic imine (C=N–C) groups is 1. The van der Waals surface area contributed by atoms with E-state index in [9.17, 15) is 18.0 Å². The number of ether oxygens (including phenoxy) is 3. The largest absolute Gasteiger partial charge is 0.481 e. The highest BCUT2D eigenvalue weighted by Crippen LogP contribution is 2.40. The molecule has 0 aliphatic heterocycles. The van der Waals surface area contributed by atoms with Gasteiger partial charge < -0.3 is 19.9 Å². The zero-order chi connectivity index (χ0) is 24.7. The lowest BCUT2D eigenvalue weighted by Gasteiger charge is -2.15. The molecule has 2 N–H and O–H groups in total. The van der Waals surface area contributed by atoms with Crippen molar-refractivity contribution in [3.63, 3.8) is 0 Å². The van der Waals surface area contributed by atoms with E-state index < -0.39 is 23.8 Å². The van der Waals surface area contributed by atoms with Gasteiger partial charge in [0, 0.05) is 12.3 Å². The summed E-state index contributed by atoms with van der Waals surface area (Å²) >= 11 is 1.13. The highest BCUT2D eigenvalue weighted by atomic mass is 32.2. The minimum absolute atomic E-state index is 0.0514. The normalized spacial score (nSPS) is 12.7. The van der Waals surface area contributed by atoms with E-state index in [4.69, 9.17) is 19.9 Å². The molecule has 7 nitrogen and oxygen atoms in total. The number of halogens is 3. The summed E-state index contributed by atoms with van der Waals surface area (Å²) in [6.45, 7) is 1.52. The van der Waals surface area contributed by atoms with Gasteiger partial charge in [-0.1, -0.05) is 17.8 Å². The first-order valence-corrected chi connectivity index (χ1v) is 11.0. The summed E-state index contributed by atoms with van der Waals surface area (Å²) in [6, 6.07) is 13.8. The number of alkyl halides is 3. The van der Waals surface area contributed by atoms with Crippen LogP contribution in [-0.4, -0.2) is 28.4 Å². The van der Waals surface area contributed by atoms with Gasteiger partial charge in [0.15, 0.2) is 22.8 Å². The van der Waals surface area contributed by atoms with Crippen molar-refractivity contribution in [2.45, 2.75) is 19.2 Å². The monoisotopic (exact) mass is 491 g/mol. The molecule has 0 aliphatic carbocycles. The molecule has 0 bridgehead atoms. The van der Waals surface area contributed by atoms with E-state index in [1.165, 1.54) is 43.5 Å². The molecule has 3 aromatic rings. The van der Waals surface area contributed by atoms with Crippen molar-refractivity contribution in [1.29, 1.82) is 0 Å². The molecule has 0 aliphatic rings. The van der Waals surface area contributed by atoms with Gasteiger partial charge in [-0.05, 0) is 61.7 Å². The maximum absolute atomic E-state index is 13.2. The number of nitrogens with zero attached hydrogens (tertiary/aromatic N) is 2. The maximum Gasteiger partial charge on any atom is 0.416 e. The average molecular weight is 491 g/mol. The first kappa shape index (κ1) is 24.9. The van der Waals surface area contributed by atoms with Gasteiger partial charge >= 0.3 is 6.18 Å². The number of hydrogen-bond acceptors (Lipinski definition) is 6. The number of benzene rings is 2. The maximum atomic E-state index is 13.2. The number of hydrogen-bond donors (Lipinski definition) is 1. The Kier molecular flexibility index (Phi) is 8.00. The van der Waals surface area contributed by atoms with Crippen molar-refractivity contribution in [2.24, 2.45) is 10.7 Å². The zero-order valence-electron chi connectivity index (χ0n) is 18.1. The third-order valence-corrected chi connectivity index (χ3v) is 4.77. The van der Waals surface area contributed by atoms with Crippen molar-refractivity contribution in [3.8, 4) is 28.9 Å². The molecule has 3 rings (SSSR count). The van der Waals surface area contributed by atoms with Crippen LogP contribution in [-0.2, 0) is 11.0 Å². The molecular weight excluding hydrogens is 471 g/mol. The summed E-state index contributed by atoms with van der Waals surface area (Å²) in [5.74, 6) is 0.100. The van der Waals surface area contributed by atoms with Crippen molar-refractivity contribution < 1.29 is 32.2 Å². The van der Waals surface area contributed by atoms with Crippen molar-refractivity contribution >= 4 is 22.8 Å². The van der Waals surface area contributed by atoms with E-state index in [2.05, 4.69) is 9.98 Å². The molecular formula is C23H20F3N3O4S. The molecule has 11 heteroatoms. The number of carbonyl (C=O) groups is 1. The first-order chi connectivity index (χ1) is 16.2.